The Morgan fingerprint density at radius 2 is 1.33 bits per heavy atom. The second-order valence-corrected chi connectivity index (χ2v) is 6.50. The number of anilines is 2. The van der Waals surface area contributed by atoms with Crippen LogP contribution in [-0.4, -0.2) is 28.4 Å². The number of hydrogen-bond acceptors (Lipinski definition) is 10. The molecule has 0 aromatic carbocycles. The first-order valence-electron chi connectivity index (χ1n) is 6.96. The van der Waals surface area contributed by atoms with E-state index in [0.29, 0.717) is 0 Å². The normalized spacial score (nSPS) is 11.9. The third-order valence-electron chi connectivity index (χ3n) is 2.87. The van der Waals surface area contributed by atoms with Gasteiger partial charge in [-0.25, -0.2) is 28.0 Å². The van der Waals surface area contributed by atoms with Crippen molar-refractivity contribution < 1.29 is 8.42 Å². The van der Waals surface area contributed by atoms with Gasteiger partial charge in [0.15, 0.2) is 9.81 Å². The first kappa shape index (κ1) is 19.1. The van der Waals surface area contributed by atoms with Crippen LogP contribution in [0, 0.1) is 22.7 Å². The number of H-pyrrole nitrogens is 2. The third-order valence-corrected chi connectivity index (χ3v) is 4.44. The zero-order valence-corrected chi connectivity index (χ0v) is 14.1. The summed E-state index contributed by atoms with van der Waals surface area (Å²) < 4.78 is 24.9. The van der Waals surface area contributed by atoms with E-state index in [-0.39, 0.29) is 11.6 Å². The van der Waals surface area contributed by atoms with E-state index in [1.54, 1.807) is 0 Å². The van der Waals surface area contributed by atoms with Gasteiger partial charge in [0.1, 0.15) is 23.8 Å². The van der Waals surface area contributed by atoms with Crippen LogP contribution in [0.15, 0.2) is 56.3 Å². The summed E-state index contributed by atoms with van der Waals surface area (Å²) in [5.41, 5.74) is -1.36. The zero-order chi connectivity index (χ0) is 19.9. The Labute approximate surface area is 151 Å². The number of nitriles is 2. The highest BCUT2D eigenvalue weighted by Gasteiger charge is 2.24. The molecule has 0 aliphatic carbocycles. The maximum atomic E-state index is 12.4. The van der Waals surface area contributed by atoms with Crippen LogP contribution in [0.25, 0.3) is 0 Å². The molecule has 0 atom stereocenters. The van der Waals surface area contributed by atoms with Gasteiger partial charge < -0.3 is 10.6 Å². The number of nitrogens with zero attached hydrogens (tertiary/aromatic N) is 4. The summed E-state index contributed by atoms with van der Waals surface area (Å²) in [5, 5.41) is 23.1. The molecule has 0 aliphatic rings. The Hall–Kier alpha value is -4.23. The van der Waals surface area contributed by atoms with E-state index >= 15 is 0 Å². The topological polar surface area (TPSA) is 197 Å². The minimum Gasteiger partial charge on any atom is -0.346 e. The highest BCUT2D eigenvalue weighted by atomic mass is 32.2. The molecular formula is C14H10N8O4S. The average Bonchev–Trinajstić information content (AvgIpc) is 2.62. The molecule has 0 aliphatic heterocycles. The molecule has 2 heterocycles. The minimum absolute atomic E-state index is 0.0907. The molecule has 0 saturated carbocycles. The van der Waals surface area contributed by atoms with Crippen molar-refractivity contribution in [1.29, 1.82) is 10.5 Å². The van der Waals surface area contributed by atoms with Crippen LogP contribution in [0.1, 0.15) is 0 Å². The van der Waals surface area contributed by atoms with Gasteiger partial charge in [0.2, 0.25) is 9.84 Å². The molecule has 0 fully saturated rings. The first-order valence-corrected chi connectivity index (χ1v) is 8.44. The van der Waals surface area contributed by atoms with Crippen molar-refractivity contribution in [2.75, 3.05) is 10.6 Å². The molecule has 13 heteroatoms. The van der Waals surface area contributed by atoms with E-state index in [1.807, 2.05) is 0 Å². The Morgan fingerprint density at radius 3 is 1.67 bits per heavy atom. The number of nitrogens with one attached hydrogen (secondary N) is 4. The van der Waals surface area contributed by atoms with Crippen molar-refractivity contribution in [2.24, 2.45) is 0 Å². The van der Waals surface area contributed by atoms with Gasteiger partial charge in [-0.2, -0.15) is 10.5 Å². The molecule has 0 spiro atoms. The molecule has 136 valence electrons. The summed E-state index contributed by atoms with van der Waals surface area (Å²) in [6.07, 6.45) is 3.99. The van der Waals surface area contributed by atoms with Gasteiger partial charge in [-0.15, -0.1) is 0 Å². The Morgan fingerprint density at radius 1 is 0.926 bits per heavy atom. The van der Waals surface area contributed by atoms with Crippen molar-refractivity contribution >= 4 is 21.5 Å². The Kier molecular flexibility index (Phi) is 5.83. The van der Waals surface area contributed by atoms with Crippen molar-refractivity contribution in [3.05, 3.63) is 67.7 Å². The van der Waals surface area contributed by atoms with Crippen LogP contribution >= 0.6 is 0 Å². The Balaban J connectivity index is 2.31. The van der Waals surface area contributed by atoms with E-state index in [4.69, 9.17) is 10.5 Å². The molecule has 2 aromatic rings. The molecule has 2 rings (SSSR count). The molecule has 0 bridgehead atoms. The highest BCUT2D eigenvalue weighted by Crippen LogP contribution is 2.17. The van der Waals surface area contributed by atoms with Crippen molar-refractivity contribution in [3.8, 4) is 12.1 Å². The largest absolute Gasteiger partial charge is 0.346 e. The maximum absolute atomic E-state index is 12.4. The summed E-state index contributed by atoms with van der Waals surface area (Å²) >= 11 is 0. The molecule has 2 aromatic heterocycles. The lowest BCUT2D eigenvalue weighted by atomic mass is 10.5. The SMILES string of the molecule is N#C/C(=C\Nc1ccnc(=O)[nH]1)S(=O)(=O)/C(C#N)=C/Nc1ccnc(=O)[nH]1. The van der Waals surface area contributed by atoms with Gasteiger partial charge >= 0.3 is 11.4 Å². The van der Waals surface area contributed by atoms with E-state index in [2.05, 4.69) is 30.6 Å². The molecule has 0 saturated heterocycles. The number of aromatic amines is 2. The fourth-order valence-electron chi connectivity index (χ4n) is 1.65. The first-order chi connectivity index (χ1) is 12.9. The Bertz CT molecular complexity index is 1120. The van der Waals surface area contributed by atoms with Crippen LogP contribution in [0.4, 0.5) is 11.6 Å². The van der Waals surface area contributed by atoms with E-state index < -0.39 is 31.0 Å². The van der Waals surface area contributed by atoms with Crippen LogP contribution in [0.2, 0.25) is 0 Å². The number of aromatic nitrogens is 4. The molecule has 4 N–H and O–H groups in total. The molecule has 12 nitrogen and oxygen atoms in total. The average molecular weight is 386 g/mol. The molecule has 0 amide bonds. The van der Waals surface area contributed by atoms with Gasteiger partial charge in [-0.05, 0) is 12.1 Å². The fourth-order valence-corrected chi connectivity index (χ4v) is 2.56. The summed E-state index contributed by atoms with van der Waals surface area (Å²) in [6, 6.07) is 5.60. The summed E-state index contributed by atoms with van der Waals surface area (Å²) in [5.74, 6) is 0.181. The van der Waals surface area contributed by atoms with Gasteiger partial charge in [0.05, 0.1) is 0 Å². The number of allylic oxidation sites excluding steroid dienone is 2. The number of hydrogen-bond donors (Lipinski definition) is 4. The molecule has 27 heavy (non-hydrogen) atoms. The van der Waals surface area contributed by atoms with E-state index in [0.717, 1.165) is 12.4 Å². The van der Waals surface area contributed by atoms with Gasteiger partial charge in [0, 0.05) is 24.8 Å². The maximum Gasteiger partial charge on any atom is 0.346 e. The summed E-state index contributed by atoms with van der Waals surface area (Å²) in [6.45, 7) is 0. The van der Waals surface area contributed by atoms with Gasteiger partial charge in [-0.3, -0.25) is 9.97 Å². The van der Waals surface area contributed by atoms with Crippen molar-refractivity contribution in [3.63, 3.8) is 0 Å². The predicted molar refractivity (Wildman–Crippen MR) is 93.3 cm³/mol. The second kappa shape index (κ2) is 8.24. The van der Waals surface area contributed by atoms with E-state index in [9.17, 15) is 18.0 Å². The number of sulfone groups is 1. The number of rotatable bonds is 6. The second-order valence-electron chi connectivity index (χ2n) is 4.61. The third kappa shape index (κ3) is 4.88. The predicted octanol–water partition coefficient (Wildman–Crippen LogP) is -0.478. The van der Waals surface area contributed by atoms with Crippen molar-refractivity contribution in [1.82, 2.24) is 19.9 Å². The van der Waals surface area contributed by atoms with Gasteiger partial charge in [-0.1, -0.05) is 0 Å². The highest BCUT2D eigenvalue weighted by molar-refractivity contribution is 7.99. The van der Waals surface area contributed by atoms with Crippen LogP contribution in [0.3, 0.4) is 0 Å². The van der Waals surface area contributed by atoms with Crippen LogP contribution in [-0.2, 0) is 9.84 Å². The smallest absolute Gasteiger partial charge is 0.346 e. The van der Waals surface area contributed by atoms with Gasteiger partial charge in [0.25, 0.3) is 0 Å². The minimum atomic E-state index is -4.46. The fraction of sp³-hybridized carbons (Fsp3) is 0. The molecule has 0 unspecified atom stereocenters. The van der Waals surface area contributed by atoms with E-state index in [1.165, 1.54) is 36.7 Å². The lowest BCUT2D eigenvalue weighted by Gasteiger charge is -2.04. The standard InChI is InChI=1S/C14H10N8O4S/c15-5-9(7-19-11-1-3-17-13(23)21-11)27(25,26)10(6-16)8-20-12-2-4-18-14(24)22-12/h1-4,7-8H,(H2,17,19,21,23)(H2,18,20,22,24)/b9-7+,10-8+. The summed E-state index contributed by atoms with van der Waals surface area (Å²) in [4.78, 5) is 32.0. The zero-order valence-electron chi connectivity index (χ0n) is 13.3. The molecular weight excluding hydrogens is 376 g/mol. The monoisotopic (exact) mass is 386 g/mol. The summed E-state index contributed by atoms with van der Waals surface area (Å²) in [7, 11) is -4.46. The van der Waals surface area contributed by atoms with Crippen LogP contribution in [0.5, 0.6) is 0 Å². The molecule has 0 radical (unpaired) electrons. The lowest BCUT2D eigenvalue weighted by Crippen LogP contribution is -2.13. The van der Waals surface area contributed by atoms with Crippen molar-refractivity contribution in [2.45, 2.75) is 0 Å². The lowest BCUT2D eigenvalue weighted by molar-refractivity contribution is 0.609. The van der Waals surface area contributed by atoms with Crippen LogP contribution < -0.4 is 22.0 Å². The quantitative estimate of drug-likeness (QED) is 0.470.